The van der Waals surface area contributed by atoms with Crippen molar-refractivity contribution in [3.8, 4) is 5.75 Å². The van der Waals surface area contributed by atoms with Crippen LogP contribution >= 0.6 is 15.9 Å². The molecule has 1 atom stereocenters. The normalized spacial score (nSPS) is 22.0. The van der Waals surface area contributed by atoms with E-state index >= 15 is 0 Å². The summed E-state index contributed by atoms with van der Waals surface area (Å²) in [7, 11) is 0. The molecule has 0 aliphatic carbocycles. The monoisotopic (exact) mass is 255 g/mol. The summed E-state index contributed by atoms with van der Waals surface area (Å²) in [5.74, 6) is 0.433. The lowest BCUT2D eigenvalue weighted by atomic mass is 9.99. The van der Waals surface area contributed by atoms with Gasteiger partial charge >= 0.3 is 0 Å². The first kappa shape index (κ1) is 9.99. The minimum atomic E-state index is 0.253. The van der Waals surface area contributed by atoms with Crippen LogP contribution in [0.15, 0.2) is 18.2 Å². The van der Waals surface area contributed by atoms with Gasteiger partial charge in [-0.15, -0.1) is 0 Å². The Hall–Kier alpha value is -0.540. The number of rotatable bonds is 1. The van der Waals surface area contributed by atoms with Crippen LogP contribution in [0, 0.1) is 0 Å². The highest BCUT2D eigenvalue weighted by Crippen LogP contribution is 2.37. The van der Waals surface area contributed by atoms with Crippen molar-refractivity contribution in [1.29, 1.82) is 0 Å². The Labute approximate surface area is 92.7 Å². The molecule has 0 fully saturated rings. The maximum atomic E-state index is 9.69. The van der Waals surface area contributed by atoms with Crippen LogP contribution in [0.5, 0.6) is 5.75 Å². The highest BCUT2D eigenvalue weighted by molar-refractivity contribution is 9.09. The van der Waals surface area contributed by atoms with E-state index in [9.17, 15) is 5.11 Å². The van der Waals surface area contributed by atoms with Crippen LogP contribution < -0.4 is 0 Å². The minimum Gasteiger partial charge on any atom is -0.508 e. The number of likely N-dealkylation sites (N-methyl/N-ethyl adjacent to an activating group) is 1. The van der Waals surface area contributed by atoms with E-state index in [0.29, 0.717) is 5.75 Å². The van der Waals surface area contributed by atoms with Crippen LogP contribution in [0.3, 0.4) is 0 Å². The molecule has 1 aromatic carbocycles. The van der Waals surface area contributed by atoms with Gasteiger partial charge in [-0.3, -0.25) is 4.90 Å². The Kier molecular flexibility index (Phi) is 2.79. The third kappa shape index (κ3) is 1.55. The first-order chi connectivity index (χ1) is 6.74. The number of phenols is 1. The summed E-state index contributed by atoms with van der Waals surface area (Å²) >= 11 is 3.66. The molecule has 0 aromatic heterocycles. The minimum absolute atomic E-state index is 0.253. The molecule has 0 bridgehead atoms. The molecule has 14 heavy (non-hydrogen) atoms. The van der Waals surface area contributed by atoms with E-state index in [2.05, 4.69) is 33.8 Å². The molecule has 1 unspecified atom stereocenters. The molecule has 3 heteroatoms. The SMILES string of the molecule is CCN1CCc2c(O)cccc2C1Br. The molecule has 0 saturated carbocycles. The van der Waals surface area contributed by atoms with Gasteiger partial charge in [-0.2, -0.15) is 0 Å². The van der Waals surface area contributed by atoms with E-state index in [4.69, 9.17) is 0 Å². The zero-order valence-electron chi connectivity index (χ0n) is 8.20. The topological polar surface area (TPSA) is 23.5 Å². The van der Waals surface area contributed by atoms with Crippen LogP contribution in [0.1, 0.15) is 23.0 Å². The third-order valence-electron chi connectivity index (χ3n) is 2.82. The number of fused-ring (bicyclic) bond motifs is 1. The zero-order chi connectivity index (χ0) is 10.1. The summed E-state index contributed by atoms with van der Waals surface area (Å²) < 4.78 is 0. The van der Waals surface area contributed by atoms with E-state index in [1.165, 1.54) is 5.56 Å². The van der Waals surface area contributed by atoms with Gasteiger partial charge in [0.15, 0.2) is 0 Å². The number of benzene rings is 1. The lowest BCUT2D eigenvalue weighted by Crippen LogP contribution is -2.32. The van der Waals surface area contributed by atoms with Crippen molar-refractivity contribution in [2.24, 2.45) is 0 Å². The summed E-state index contributed by atoms with van der Waals surface area (Å²) in [6, 6.07) is 5.75. The number of aromatic hydroxyl groups is 1. The smallest absolute Gasteiger partial charge is 0.119 e. The van der Waals surface area contributed by atoms with Crippen molar-refractivity contribution in [2.75, 3.05) is 13.1 Å². The Bertz CT molecular complexity index is 340. The molecule has 76 valence electrons. The number of alkyl halides is 1. The van der Waals surface area contributed by atoms with Gasteiger partial charge in [-0.05, 0) is 24.6 Å². The van der Waals surface area contributed by atoms with Crippen LogP contribution in [-0.4, -0.2) is 23.1 Å². The molecule has 0 radical (unpaired) electrons. The molecule has 1 aliphatic heterocycles. The number of phenolic OH excluding ortho intramolecular Hbond substituents is 1. The summed E-state index contributed by atoms with van der Waals surface area (Å²) in [5, 5.41) is 9.69. The second kappa shape index (κ2) is 3.91. The van der Waals surface area contributed by atoms with Gasteiger partial charge in [0, 0.05) is 12.1 Å². The zero-order valence-corrected chi connectivity index (χ0v) is 9.79. The van der Waals surface area contributed by atoms with Crippen molar-refractivity contribution >= 4 is 15.9 Å². The highest BCUT2D eigenvalue weighted by atomic mass is 79.9. The molecule has 1 heterocycles. The molecule has 0 spiro atoms. The first-order valence-electron chi connectivity index (χ1n) is 4.93. The number of hydrogen-bond acceptors (Lipinski definition) is 2. The Morgan fingerprint density at radius 3 is 3.07 bits per heavy atom. The van der Waals surface area contributed by atoms with E-state index in [0.717, 1.165) is 25.1 Å². The van der Waals surface area contributed by atoms with Gasteiger partial charge in [0.1, 0.15) is 5.75 Å². The van der Waals surface area contributed by atoms with Crippen LogP contribution in [0.2, 0.25) is 0 Å². The fourth-order valence-electron chi connectivity index (χ4n) is 1.97. The van der Waals surface area contributed by atoms with E-state index in [1.807, 2.05) is 6.07 Å². The molecule has 1 aromatic rings. The Morgan fingerprint density at radius 2 is 2.36 bits per heavy atom. The summed E-state index contributed by atoms with van der Waals surface area (Å²) in [5.41, 5.74) is 2.30. The number of hydrogen-bond donors (Lipinski definition) is 1. The number of halogens is 1. The van der Waals surface area contributed by atoms with E-state index in [1.54, 1.807) is 6.07 Å². The lowest BCUT2D eigenvalue weighted by molar-refractivity contribution is 0.262. The summed E-state index contributed by atoms with van der Waals surface area (Å²) in [4.78, 5) is 2.60. The molecule has 1 N–H and O–H groups in total. The fourth-order valence-corrected chi connectivity index (χ4v) is 2.89. The van der Waals surface area contributed by atoms with Gasteiger partial charge in [-0.1, -0.05) is 35.0 Å². The molecular weight excluding hydrogens is 242 g/mol. The molecule has 1 aliphatic rings. The largest absolute Gasteiger partial charge is 0.508 e. The van der Waals surface area contributed by atoms with Gasteiger partial charge in [-0.25, -0.2) is 0 Å². The molecule has 2 rings (SSSR count). The predicted molar refractivity (Wildman–Crippen MR) is 60.7 cm³/mol. The van der Waals surface area contributed by atoms with Crippen LogP contribution in [0.25, 0.3) is 0 Å². The third-order valence-corrected chi connectivity index (χ3v) is 3.89. The second-order valence-electron chi connectivity index (χ2n) is 3.56. The fraction of sp³-hybridized carbons (Fsp3) is 0.455. The van der Waals surface area contributed by atoms with Gasteiger partial charge < -0.3 is 5.11 Å². The molecule has 0 amide bonds. The average molecular weight is 256 g/mol. The summed E-state index contributed by atoms with van der Waals surface area (Å²) in [6.45, 7) is 4.20. The van der Waals surface area contributed by atoms with E-state index < -0.39 is 0 Å². The van der Waals surface area contributed by atoms with Crippen LogP contribution in [0.4, 0.5) is 0 Å². The van der Waals surface area contributed by atoms with Crippen LogP contribution in [-0.2, 0) is 6.42 Å². The average Bonchev–Trinajstić information content (AvgIpc) is 2.20. The van der Waals surface area contributed by atoms with Gasteiger partial charge in [0.25, 0.3) is 0 Å². The van der Waals surface area contributed by atoms with Crippen molar-refractivity contribution in [3.05, 3.63) is 29.3 Å². The molecular formula is C11H14BrNO. The highest BCUT2D eigenvalue weighted by Gasteiger charge is 2.25. The van der Waals surface area contributed by atoms with E-state index in [-0.39, 0.29) is 4.95 Å². The standard InChI is InChI=1S/C11H14BrNO/c1-2-13-7-6-8-9(11(13)12)4-3-5-10(8)14/h3-5,11,14H,2,6-7H2,1H3. The maximum absolute atomic E-state index is 9.69. The lowest BCUT2D eigenvalue weighted by Gasteiger charge is -2.33. The number of nitrogens with zero attached hydrogens (tertiary/aromatic N) is 1. The van der Waals surface area contributed by atoms with Gasteiger partial charge in [0.2, 0.25) is 0 Å². The van der Waals surface area contributed by atoms with Crippen molar-refractivity contribution in [2.45, 2.75) is 18.3 Å². The van der Waals surface area contributed by atoms with Crippen molar-refractivity contribution in [1.82, 2.24) is 4.90 Å². The van der Waals surface area contributed by atoms with Gasteiger partial charge in [0.05, 0.1) is 4.95 Å². The maximum Gasteiger partial charge on any atom is 0.119 e. The van der Waals surface area contributed by atoms with Crippen molar-refractivity contribution in [3.63, 3.8) is 0 Å². The predicted octanol–water partition coefficient (Wildman–Crippen LogP) is 2.66. The molecule has 0 saturated heterocycles. The first-order valence-corrected chi connectivity index (χ1v) is 5.84. The molecule has 2 nitrogen and oxygen atoms in total. The Morgan fingerprint density at radius 1 is 1.57 bits per heavy atom. The quantitative estimate of drug-likeness (QED) is 0.616. The summed E-state index contributed by atoms with van der Waals surface area (Å²) in [6.07, 6.45) is 0.942. The van der Waals surface area contributed by atoms with Crippen molar-refractivity contribution < 1.29 is 5.11 Å². The Balaban J connectivity index is 2.41. The second-order valence-corrected chi connectivity index (χ2v) is 4.43.